The van der Waals surface area contributed by atoms with E-state index in [0.29, 0.717) is 33.5 Å². The minimum Gasteiger partial charge on any atom is -0.512 e. The highest BCUT2D eigenvalue weighted by Gasteiger charge is 2.18. The van der Waals surface area contributed by atoms with Gasteiger partial charge in [0.1, 0.15) is 11.6 Å². The van der Waals surface area contributed by atoms with Gasteiger partial charge in [-0.15, -0.1) is 0 Å². The fraction of sp³-hybridized carbons (Fsp3) is 0.417. The van der Waals surface area contributed by atoms with Gasteiger partial charge >= 0.3 is 0 Å². The Labute approximate surface area is 204 Å². The number of nitrogens with one attached hydrogen (secondary N) is 3. The van der Waals surface area contributed by atoms with Crippen LogP contribution in [0, 0.1) is 17.0 Å². The first-order chi connectivity index (χ1) is 15.4. The SMILES string of the molecule is CNCCN(C)c1cc(F)ccc1Nc1cc(F)c(SNC(C)/C=C(\O)C(C)(C)C)cc1Cl. The molecule has 2 aromatic rings. The highest BCUT2D eigenvalue weighted by molar-refractivity contribution is 7.97. The first-order valence-corrected chi connectivity index (χ1v) is 11.9. The summed E-state index contributed by atoms with van der Waals surface area (Å²) < 4.78 is 31.8. The molecule has 0 aliphatic rings. The van der Waals surface area contributed by atoms with Crippen molar-refractivity contribution >= 4 is 40.6 Å². The van der Waals surface area contributed by atoms with E-state index < -0.39 is 5.82 Å². The van der Waals surface area contributed by atoms with Crippen LogP contribution in [0.1, 0.15) is 27.7 Å². The Kier molecular flexibility index (Phi) is 9.84. The van der Waals surface area contributed by atoms with Crippen LogP contribution in [0.25, 0.3) is 0 Å². The number of halogens is 3. The highest BCUT2D eigenvalue weighted by Crippen LogP contribution is 2.35. The van der Waals surface area contributed by atoms with E-state index in [1.807, 2.05) is 46.7 Å². The molecule has 5 nitrogen and oxygen atoms in total. The molecule has 0 bridgehead atoms. The molecule has 0 aliphatic carbocycles. The van der Waals surface area contributed by atoms with E-state index in [-0.39, 0.29) is 23.0 Å². The molecular formula is C24H33ClF2N4OS. The summed E-state index contributed by atoms with van der Waals surface area (Å²) in [6.07, 6.45) is 1.70. The van der Waals surface area contributed by atoms with E-state index in [2.05, 4.69) is 15.4 Å². The number of aliphatic hydroxyl groups is 1. The number of anilines is 3. The van der Waals surface area contributed by atoms with Crippen molar-refractivity contribution in [2.75, 3.05) is 37.4 Å². The number of hydrogen-bond acceptors (Lipinski definition) is 6. The summed E-state index contributed by atoms with van der Waals surface area (Å²) in [6, 6.07) is 7.04. The van der Waals surface area contributed by atoms with Crippen molar-refractivity contribution in [1.82, 2.24) is 10.0 Å². The number of rotatable bonds is 10. The molecule has 182 valence electrons. The van der Waals surface area contributed by atoms with Gasteiger partial charge in [0.2, 0.25) is 0 Å². The van der Waals surface area contributed by atoms with E-state index in [0.717, 1.165) is 18.5 Å². The van der Waals surface area contributed by atoms with Crippen LogP contribution in [0.2, 0.25) is 5.02 Å². The van der Waals surface area contributed by atoms with E-state index in [1.165, 1.54) is 24.3 Å². The monoisotopic (exact) mass is 498 g/mol. The number of likely N-dealkylation sites (N-methyl/N-ethyl adjacent to an activating group) is 2. The predicted octanol–water partition coefficient (Wildman–Crippen LogP) is 6.49. The van der Waals surface area contributed by atoms with Gasteiger partial charge in [0.05, 0.1) is 32.7 Å². The zero-order valence-electron chi connectivity index (χ0n) is 19.9. The van der Waals surface area contributed by atoms with Crippen LogP contribution in [-0.2, 0) is 0 Å². The van der Waals surface area contributed by atoms with E-state index >= 15 is 0 Å². The van der Waals surface area contributed by atoms with E-state index in [4.69, 9.17) is 11.6 Å². The lowest BCUT2D eigenvalue weighted by Gasteiger charge is -2.23. The number of aliphatic hydroxyl groups excluding tert-OH is 1. The summed E-state index contributed by atoms with van der Waals surface area (Å²) in [6.45, 7) is 8.99. The molecule has 0 radical (unpaired) electrons. The Hall–Kier alpha value is -2.00. The first kappa shape index (κ1) is 27.2. The minimum absolute atomic E-state index is 0.194. The smallest absolute Gasteiger partial charge is 0.140 e. The fourth-order valence-corrected chi connectivity index (χ4v) is 3.84. The largest absolute Gasteiger partial charge is 0.512 e. The maximum absolute atomic E-state index is 14.8. The maximum atomic E-state index is 14.8. The average molecular weight is 499 g/mol. The zero-order valence-corrected chi connectivity index (χ0v) is 21.5. The molecule has 2 aromatic carbocycles. The molecule has 0 saturated heterocycles. The molecule has 1 unspecified atom stereocenters. The Bertz CT molecular complexity index is 982. The van der Waals surface area contributed by atoms with Crippen molar-refractivity contribution in [3.8, 4) is 0 Å². The summed E-state index contributed by atoms with van der Waals surface area (Å²) in [5.41, 5.74) is 1.28. The van der Waals surface area contributed by atoms with Crippen molar-refractivity contribution in [2.45, 2.75) is 38.6 Å². The summed E-state index contributed by atoms with van der Waals surface area (Å²) in [5.74, 6) is -0.554. The number of hydrogen-bond donors (Lipinski definition) is 4. The number of allylic oxidation sites excluding steroid dienone is 1. The Morgan fingerprint density at radius 2 is 1.91 bits per heavy atom. The predicted molar refractivity (Wildman–Crippen MR) is 137 cm³/mol. The standard InChI is InChI=1S/C24H33ClF2N4OS/c1-15(11-23(32)24(2,3)4)30-33-22-13-17(25)20(14-18(22)27)29-19-8-7-16(26)12-21(19)31(6)10-9-28-5/h7-8,11-15,28-30,32H,9-10H2,1-6H3/b23-11-. The Balaban J connectivity index is 2.18. The molecule has 0 heterocycles. The Morgan fingerprint density at radius 3 is 2.55 bits per heavy atom. The molecule has 2 rings (SSSR count). The van der Waals surface area contributed by atoms with Crippen molar-refractivity contribution < 1.29 is 13.9 Å². The molecule has 1 atom stereocenters. The fourth-order valence-electron chi connectivity index (χ4n) is 2.85. The molecule has 0 aromatic heterocycles. The molecule has 0 spiro atoms. The van der Waals surface area contributed by atoms with Crippen LogP contribution in [-0.4, -0.2) is 38.3 Å². The van der Waals surface area contributed by atoms with Gasteiger partial charge in [-0.2, -0.15) is 0 Å². The summed E-state index contributed by atoms with van der Waals surface area (Å²) in [4.78, 5) is 2.23. The molecule has 4 N–H and O–H groups in total. The second-order valence-corrected chi connectivity index (χ2v) is 10.2. The lowest BCUT2D eigenvalue weighted by Crippen LogP contribution is -2.27. The summed E-state index contributed by atoms with van der Waals surface area (Å²) >= 11 is 7.54. The normalized spacial score (nSPS) is 13.2. The van der Waals surface area contributed by atoms with Crippen LogP contribution in [0.4, 0.5) is 25.8 Å². The van der Waals surface area contributed by atoms with Gasteiger partial charge in [0.25, 0.3) is 0 Å². The highest BCUT2D eigenvalue weighted by atomic mass is 35.5. The third-order valence-electron chi connectivity index (χ3n) is 4.89. The van der Waals surface area contributed by atoms with Gasteiger partial charge in [-0.25, -0.2) is 8.78 Å². The number of nitrogens with zero attached hydrogens (tertiary/aromatic N) is 1. The molecule has 33 heavy (non-hydrogen) atoms. The van der Waals surface area contributed by atoms with Crippen LogP contribution >= 0.6 is 23.5 Å². The minimum atomic E-state index is -0.456. The van der Waals surface area contributed by atoms with Crippen molar-refractivity contribution in [3.05, 3.63) is 58.8 Å². The molecule has 0 aliphatic heterocycles. The first-order valence-electron chi connectivity index (χ1n) is 10.7. The molecule has 9 heteroatoms. The third kappa shape index (κ3) is 8.07. The molecule has 0 fully saturated rings. The van der Waals surface area contributed by atoms with Crippen molar-refractivity contribution in [1.29, 1.82) is 0 Å². The van der Waals surface area contributed by atoms with Gasteiger partial charge in [-0.3, -0.25) is 4.72 Å². The van der Waals surface area contributed by atoms with Crippen LogP contribution in [0.5, 0.6) is 0 Å². The Morgan fingerprint density at radius 1 is 1.21 bits per heavy atom. The van der Waals surface area contributed by atoms with Gasteiger partial charge in [0.15, 0.2) is 0 Å². The van der Waals surface area contributed by atoms with Crippen molar-refractivity contribution in [3.63, 3.8) is 0 Å². The lowest BCUT2D eigenvalue weighted by molar-refractivity contribution is 0.274. The topological polar surface area (TPSA) is 59.6 Å². The van der Waals surface area contributed by atoms with Gasteiger partial charge in [0, 0.05) is 37.7 Å². The van der Waals surface area contributed by atoms with Crippen LogP contribution in [0.3, 0.4) is 0 Å². The number of benzene rings is 2. The third-order valence-corrected chi connectivity index (χ3v) is 6.23. The van der Waals surface area contributed by atoms with Gasteiger partial charge < -0.3 is 20.6 Å². The average Bonchev–Trinajstić information content (AvgIpc) is 2.73. The second-order valence-electron chi connectivity index (χ2n) is 8.88. The zero-order chi connectivity index (χ0) is 24.8. The summed E-state index contributed by atoms with van der Waals surface area (Å²) in [5, 5.41) is 16.6. The van der Waals surface area contributed by atoms with E-state index in [9.17, 15) is 13.9 Å². The van der Waals surface area contributed by atoms with E-state index in [1.54, 1.807) is 12.1 Å². The molecule has 0 amide bonds. The lowest BCUT2D eigenvalue weighted by atomic mass is 9.93. The second kappa shape index (κ2) is 11.9. The quantitative estimate of drug-likeness (QED) is 0.222. The summed E-state index contributed by atoms with van der Waals surface area (Å²) in [7, 11) is 3.71. The van der Waals surface area contributed by atoms with Gasteiger partial charge in [-0.05, 0) is 56.3 Å². The van der Waals surface area contributed by atoms with Gasteiger partial charge in [-0.1, -0.05) is 32.4 Å². The van der Waals surface area contributed by atoms with Crippen LogP contribution < -0.4 is 20.3 Å². The maximum Gasteiger partial charge on any atom is 0.140 e. The molecular weight excluding hydrogens is 466 g/mol. The molecule has 0 saturated carbocycles. The van der Waals surface area contributed by atoms with Crippen LogP contribution in [0.15, 0.2) is 47.1 Å². The van der Waals surface area contributed by atoms with Crippen molar-refractivity contribution in [2.24, 2.45) is 5.41 Å².